The minimum absolute atomic E-state index is 0.0385. The van der Waals surface area contributed by atoms with Gasteiger partial charge in [0.05, 0.1) is 19.7 Å². The quantitative estimate of drug-likeness (QED) is 0.562. The van der Waals surface area contributed by atoms with Crippen LogP contribution in [0.15, 0.2) is 35.1 Å². The van der Waals surface area contributed by atoms with Crippen LogP contribution in [0, 0.1) is 17.6 Å². The first-order chi connectivity index (χ1) is 16.5. The lowest BCUT2D eigenvalue weighted by Gasteiger charge is -2.40. The molecule has 2 aromatic carbocycles. The number of aromatic nitrogens is 1. The number of halogens is 2. The first-order valence-corrected chi connectivity index (χ1v) is 12.0. The zero-order chi connectivity index (χ0) is 23.8. The minimum atomic E-state index is -0.395. The Hall–Kier alpha value is -2.93. The molecule has 0 saturated carbocycles. The van der Waals surface area contributed by atoms with Crippen molar-refractivity contribution >= 4 is 10.9 Å². The van der Waals surface area contributed by atoms with Crippen molar-refractivity contribution < 1.29 is 18.3 Å². The highest BCUT2D eigenvalue weighted by molar-refractivity contribution is 5.87. The first kappa shape index (κ1) is 22.8. The Morgan fingerprint density at radius 2 is 1.76 bits per heavy atom. The second-order valence-corrected chi connectivity index (χ2v) is 9.43. The summed E-state index contributed by atoms with van der Waals surface area (Å²) < 4.78 is 38.6. The predicted molar refractivity (Wildman–Crippen MR) is 128 cm³/mol. The van der Waals surface area contributed by atoms with E-state index in [0.29, 0.717) is 29.4 Å². The van der Waals surface area contributed by atoms with Gasteiger partial charge < -0.3 is 14.5 Å². The summed E-state index contributed by atoms with van der Waals surface area (Å²) in [4.78, 5) is 18.7. The number of fused-ring (bicyclic) bond motifs is 3. The molecule has 7 heteroatoms. The monoisotopic (exact) mass is 468 g/mol. The fraction of sp³-hybridized carbons (Fsp3) is 0.444. The molecular weight excluding hydrogens is 438 g/mol. The SMILES string of the molecule is COc1cc2[nH]c(=O)c3c(c2cc1OC)CCC[C@@H]3N1CCC(Cc2cc(F)ccc2F)CC1. The van der Waals surface area contributed by atoms with Gasteiger partial charge in [-0.15, -0.1) is 0 Å². The Morgan fingerprint density at radius 1 is 1.03 bits per heavy atom. The Kier molecular flexibility index (Phi) is 6.30. The Labute approximate surface area is 197 Å². The van der Waals surface area contributed by atoms with Gasteiger partial charge in [0.25, 0.3) is 5.56 Å². The van der Waals surface area contributed by atoms with Crippen LogP contribution in [0.3, 0.4) is 0 Å². The van der Waals surface area contributed by atoms with Gasteiger partial charge >= 0.3 is 0 Å². The molecule has 1 saturated heterocycles. The normalized spacial score (nSPS) is 19.2. The van der Waals surface area contributed by atoms with Crippen LogP contribution >= 0.6 is 0 Å². The number of methoxy groups -OCH3 is 2. The molecule has 0 bridgehead atoms. The van der Waals surface area contributed by atoms with Crippen LogP contribution in [0.5, 0.6) is 11.5 Å². The standard InChI is InChI=1S/C27H30F2N2O3/c1-33-24-14-20-19-4-3-5-23(26(19)27(32)30-22(20)15-25(24)34-2)31-10-8-16(9-11-31)12-17-13-18(28)6-7-21(17)29/h6-7,13-16,23H,3-5,8-12H2,1-2H3,(H,30,32)/t23-/m0/s1. The fourth-order valence-corrected chi connectivity index (χ4v) is 5.79. The van der Waals surface area contributed by atoms with Crippen LogP contribution in [-0.2, 0) is 12.8 Å². The number of aromatic amines is 1. The van der Waals surface area contributed by atoms with E-state index in [-0.39, 0.29) is 17.4 Å². The summed E-state index contributed by atoms with van der Waals surface area (Å²) in [6.07, 6.45) is 5.16. The van der Waals surface area contributed by atoms with E-state index in [4.69, 9.17) is 9.47 Å². The van der Waals surface area contributed by atoms with Gasteiger partial charge in [-0.2, -0.15) is 0 Å². The molecule has 5 nitrogen and oxygen atoms in total. The molecular formula is C27H30F2N2O3. The lowest BCUT2D eigenvalue weighted by atomic mass is 9.83. The number of piperidine rings is 1. The topological polar surface area (TPSA) is 54.6 Å². The van der Waals surface area contributed by atoms with E-state index >= 15 is 0 Å². The largest absolute Gasteiger partial charge is 0.493 e. The molecule has 0 radical (unpaired) electrons. The highest BCUT2D eigenvalue weighted by atomic mass is 19.1. The van der Waals surface area contributed by atoms with Crippen molar-refractivity contribution in [1.29, 1.82) is 0 Å². The van der Waals surface area contributed by atoms with E-state index in [1.54, 1.807) is 14.2 Å². The van der Waals surface area contributed by atoms with Crippen LogP contribution in [0.4, 0.5) is 8.78 Å². The van der Waals surface area contributed by atoms with E-state index in [1.165, 1.54) is 12.1 Å². The highest BCUT2D eigenvalue weighted by Crippen LogP contribution is 2.40. The van der Waals surface area contributed by atoms with Crippen LogP contribution < -0.4 is 15.0 Å². The molecule has 0 spiro atoms. The molecule has 3 aromatic rings. The maximum Gasteiger partial charge on any atom is 0.253 e. The molecule has 2 aliphatic rings. The van der Waals surface area contributed by atoms with Crippen LogP contribution in [0.1, 0.15) is 48.4 Å². The first-order valence-electron chi connectivity index (χ1n) is 12.0. The van der Waals surface area contributed by atoms with E-state index in [9.17, 15) is 13.6 Å². The van der Waals surface area contributed by atoms with Gasteiger partial charge in [-0.3, -0.25) is 9.69 Å². The van der Waals surface area contributed by atoms with Gasteiger partial charge in [0.2, 0.25) is 0 Å². The number of ether oxygens (including phenoxy) is 2. The Bertz CT molecular complexity index is 1260. The average Bonchev–Trinajstić information content (AvgIpc) is 2.85. The number of rotatable bonds is 5. The molecule has 1 aromatic heterocycles. The summed E-state index contributed by atoms with van der Waals surface area (Å²) in [5.41, 5.74) is 3.13. The van der Waals surface area contributed by atoms with Crippen molar-refractivity contribution in [3.63, 3.8) is 0 Å². The lowest BCUT2D eigenvalue weighted by molar-refractivity contribution is 0.119. The maximum absolute atomic E-state index is 14.1. The molecule has 2 heterocycles. The molecule has 1 N–H and O–H groups in total. The second kappa shape index (κ2) is 9.37. The molecule has 1 fully saturated rings. The molecule has 0 unspecified atom stereocenters. The van der Waals surface area contributed by atoms with E-state index < -0.39 is 5.82 Å². The zero-order valence-electron chi connectivity index (χ0n) is 19.6. The number of hydrogen-bond acceptors (Lipinski definition) is 4. The van der Waals surface area contributed by atoms with E-state index in [0.717, 1.165) is 73.3 Å². The smallest absolute Gasteiger partial charge is 0.253 e. The number of benzene rings is 2. The summed E-state index contributed by atoms with van der Waals surface area (Å²) in [5.74, 6) is 0.817. The van der Waals surface area contributed by atoms with Gasteiger partial charge in [-0.1, -0.05) is 0 Å². The summed E-state index contributed by atoms with van der Waals surface area (Å²) in [6, 6.07) is 7.54. The van der Waals surface area contributed by atoms with Gasteiger partial charge in [-0.05, 0) is 92.9 Å². The highest BCUT2D eigenvalue weighted by Gasteiger charge is 2.33. The van der Waals surface area contributed by atoms with Gasteiger partial charge in [-0.25, -0.2) is 8.78 Å². The zero-order valence-corrected chi connectivity index (χ0v) is 19.6. The fourth-order valence-electron chi connectivity index (χ4n) is 5.79. The van der Waals surface area contributed by atoms with Gasteiger partial charge in [0.1, 0.15) is 11.6 Å². The molecule has 0 amide bonds. The van der Waals surface area contributed by atoms with Crippen molar-refractivity contribution in [2.75, 3.05) is 27.3 Å². The number of hydrogen-bond donors (Lipinski definition) is 1. The van der Waals surface area contributed by atoms with E-state index in [1.807, 2.05) is 12.1 Å². The third-order valence-electron chi connectivity index (χ3n) is 7.51. The average molecular weight is 469 g/mol. The number of nitrogens with one attached hydrogen (secondary N) is 1. The van der Waals surface area contributed by atoms with Crippen LogP contribution in [-0.4, -0.2) is 37.2 Å². The number of nitrogens with zero attached hydrogens (tertiary/aromatic N) is 1. The summed E-state index contributed by atoms with van der Waals surface area (Å²) in [5, 5.41) is 1.01. The molecule has 5 rings (SSSR count). The van der Waals surface area contributed by atoms with Crippen molar-refractivity contribution in [3.05, 3.63) is 69.0 Å². The van der Waals surface area contributed by atoms with Crippen molar-refractivity contribution in [2.24, 2.45) is 5.92 Å². The number of H-pyrrole nitrogens is 1. The third kappa shape index (κ3) is 4.17. The second-order valence-electron chi connectivity index (χ2n) is 9.43. The Morgan fingerprint density at radius 3 is 2.50 bits per heavy atom. The molecule has 180 valence electrons. The summed E-state index contributed by atoms with van der Waals surface area (Å²) in [6.45, 7) is 1.68. The van der Waals surface area contributed by atoms with Crippen molar-refractivity contribution in [1.82, 2.24) is 9.88 Å². The molecule has 34 heavy (non-hydrogen) atoms. The van der Waals surface area contributed by atoms with E-state index in [2.05, 4.69) is 9.88 Å². The summed E-state index contributed by atoms with van der Waals surface area (Å²) >= 11 is 0. The minimum Gasteiger partial charge on any atom is -0.493 e. The molecule has 1 aliphatic heterocycles. The number of likely N-dealkylation sites (tertiary alicyclic amines) is 1. The van der Waals surface area contributed by atoms with Crippen molar-refractivity contribution in [2.45, 2.75) is 44.6 Å². The summed E-state index contributed by atoms with van der Waals surface area (Å²) in [7, 11) is 3.20. The molecule has 1 atom stereocenters. The van der Waals surface area contributed by atoms with Crippen LogP contribution in [0.2, 0.25) is 0 Å². The van der Waals surface area contributed by atoms with Gasteiger partial charge in [0, 0.05) is 23.1 Å². The lowest BCUT2D eigenvalue weighted by Crippen LogP contribution is -2.41. The number of pyridine rings is 1. The van der Waals surface area contributed by atoms with Crippen molar-refractivity contribution in [3.8, 4) is 11.5 Å². The third-order valence-corrected chi connectivity index (χ3v) is 7.51. The maximum atomic E-state index is 14.1. The van der Waals surface area contributed by atoms with Gasteiger partial charge in [0.15, 0.2) is 11.5 Å². The van der Waals surface area contributed by atoms with Crippen LogP contribution in [0.25, 0.3) is 10.9 Å². The number of aryl methyl sites for hydroxylation is 1. The molecule has 1 aliphatic carbocycles. The predicted octanol–water partition coefficient (Wildman–Crippen LogP) is 5.16. The Balaban J connectivity index is 1.39.